The molecule has 1 aliphatic carbocycles. The zero-order valence-electron chi connectivity index (χ0n) is 18.3. The van der Waals surface area contributed by atoms with Crippen LogP contribution in [0, 0.1) is 5.41 Å². The summed E-state index contributed by atoms with van der Waals surface area (Å²) < 4.78 is 5.55. The Bertz CT molecular complexity index is 1010. The molecule has 2 atom stereocenters. The van der Waals surface area contributed by atoms with Crippen LogP contribution in [-0.2, 0) is 14.3 Å². The van der Waals surface area contributed by atoms with E-state index in [1.54, 1.807) is 13.8 Å². The quantitative estimate of drug-likeness (QED) is 0.721. The molecule has 2 amide bonds. The molecule has 7 nitrogen and oxygen atoms in total. The van der Waals surface area contributed by atoms with Gasteiger partial charge in [-0.15, -0.1) is 0 Å². The fourth-order valence-electron chi connectivity index (χ4n) is 4.66. The number of carboxylic acids is 1. The number of carbonyl (C=O) groups excluding carboxylic acids is 2. The molecule has 0 bridgehead atoms. The molecule has 7 heteroatoms. The van der Waals surface area contributed by atoms with Crippen molar-refractivity contribution in [1.82, 2.24) is 10.2 Å². The average Bonchev–Trinajstić information content (AvgIpc) is 3.35. The summed E-state index contributed by atoms with van der Waals surface area (Å²) >= 11 is 0. The first-order chi connectivity index (χ1) is 15.3. The molecule has 1 heterocycles. The van der Waals surface area contributed by atoms with Crippen molar-refractivity contribution in [2.24, 2.45) is 5.41 Å². The minimum Gasteiger partial charge on any atom is -0.481 e. The third-order valence-corrected chi connectivity index (χ3v) is 6.64. The highest BCUT2D eigenvalue weighted by atomic mass is 16.5. The smallest absolute Gasteiger partial charge is 0.407 e. The van der Waals surface area contributed by atoms with Crippen LogP contribution in [0.3, 0.4) is 0 Å². The van der Waals surface area contributed by atoms with Crippen LogP contribution in [0.5, 0.6) is 0 Å². The number of fused-ring (bicyclic) bond motifs is 3. The van der Waals surface area contributed by atoms with E-state index in [1.165, 1.54) is 4.90 Å². The zero-order chi connectivity index (χ0) is 22.9. The molecular weight excluding hydrogens is 408 g/mol. The van der Waals surface area contributed by atoms with Crippen molar-refractivity contribution in [3.05, 3.63) is 59.7 Å². The summed E-state index contributed by atoms with van der Waals surface area (Å²) in [7, 11) is 0. The Kier molecular flexibility index (Phi) is 5.91. The number of amides is 2. The number of nitrogens with one attached hydrogen (secondary N) is 1. The van der Waals surface area contributed by atoms with Crippen LogP contribution in [0.1, 0.15) is 43.7 Å². The Morgan fingerprint density at radius 1 is 1.12 bits per heavy atom. The molecule has 32 heavy (non-hydrogen) atoms. The Morgan fingerprint density at radius 3 is 2.25 bits per heavy atom. The first-order valence-electron chi connectivity index (χ1n) is 11.0. The summed E-state index contributed by atoms with van der Waals surface area (Å²) in [4.78, 5) is 38.4. The molecular formula is C25H28N2O5. The predicted molar refractivity (Wildman–Crippen MR) is 119 cm³/mol. The lowest BCUT2D eigenvalue weighted by atomic mass is 9.90. The van der Waals surface area contributed by atoms with Gasteiger partial charge in [0.2, 0.25) is 5.91 Å². The van der Waals surface area contributed by atoms with Gasteiger partial charge in [0.25, 0.3) is 0 Å². The average molecular weight is 437 g/mol. The molecule has 0 spiro atoms. The number of nitrogens with zero attached hydrogens (tertiary/aromatic N) is 1. The number of rotatable bonds is 6. The van der Waals surface area contributed by atoms with Gasteiger partial charge in [0.05, 0.1) is 5.41 Å². The Balaban J connectivity index is 1.38. The van der Waals surface area contributed by atoms with Crippen molar-refractivity contribution in [1.29, 1.82) is 0 Å². The Labute approximate surface area is 187 Å². The number of aliphatic carboxylic acids is 1. The van der Waals surface area contributed by atoms with Crippen LogP contribution >= 0.6 is 0 Å². The molecule has 1 saturated heterocycles. The summed E-state index contributed by atoms with van der Waals surface area (Å²) in [6.07, 6.45) is 0.144. The maximum atomic E-state index is 12.9. The maximum Gasteiger partial charge on any atom is 0.407 e. The summed E-state index contributed by atoms with van der Waals surface area (Å²) in [5.41, 5.74) is 3.59. The van der Waals surface area contributed by atoms with E-state index in [0.717, 1.165) is 22.3 Å². The summed E-state index contributed by atoms with van der Waals surface area (Å²) in [6.45, 7) is 4.13. The highest BCUT2D eigenvalue weighted by Crippen LogP contribution is 2.44. The minimum atomic E-state index is -0.947. The van der Waals surface area contributed by atoms with E-state index >= 15 is 0 Å². The number of benzene rings is 2. The van der Waals surface area contributed by atoms with Gasteiger partial charge in [-0.3, -0.25) is 9.59 Å². The molecule has 2 N–H and O–H groups in total. The molecule has 1 aliphatic heterocycles. The Hall–Kier alpha value is -3.35. The first-order valence-corrected chi connectivity index (χ1v) is 11.0. The fourth-order valence-corrected chi connectivity index (χ4v) is 4.66. The van der Waals surface area contributed by atoms with Crippen LogP contribution < -0.4 is 5.32 Å². The van der Waals surface area contributed by atoms with Gasteiger partial charge >= 0.3 is 12.1 Å². The van der Waals surface area contributed by atoms with Gasteiger partial charge in [-0.05, 0) is 42.0 Å². The van der Waals surface area contributed by atoms with Crippen LogP contribution in [-0.4, -0.2) is 53.7 Å². The lowest BCUT2D eigenvalue weighted by molar-refractivity contribution is -0.147. The molecule has 0 aromatic heterocycles. The molecule has 2 aromatic rings. The third-order valence-electron chi connectivity index (χ3n) is 6.64. The molecule has 4 rings (SSSR count). The van der Waals surface area contributed by atoms with E-state index in [4.69, 9.17) is 4.74 Å². The molecule has 1 unspecified atom stereocenters. The van der Waals surface area contributed by atoms with Crippen molar-refractivity contribution in [3.63, 3.8) is 0 Å². The number of hydrogen-bond acceptors (Lipinski definition) is 4. The van der Waals surface area contributed by atoms with Gasteiger partial charge in [0, 0.05) is 19.0 Å². The maximum absolute atomic E-state index is 12.9. The van der Waals surface area contributed by atoms with Gasteiger partial charge in [0.1, 0.15) is 12.6 Å². The zero-order valence-corrected chi connectivity index (χ0v) is 18.3. The number of ether oxygens (including phenoxy) is 1. The first kappa shape index (κ1) is 21.9. The number of likely N-dealkylation sites (tertiary alicyclic amines) is 1. The normalized spacial score (nSPS) is 20.4. The van der Waals surface area contributed by atoms with Crippen LogP contribution in [0.2, 0.25) is 0 Å². The molecule has 0 saturated carbocycles. The second-order valence-corrected chi connectivity index (χ2v) is 8.81. The molecule has 0 radical (unpaired) electrons. The van der Waals surface area contributed by atoms with Crippen molar-refractivity contribution >= 4 is 18.0 Å². The molecule has 168 valence electrons. The van der Waals surface area contributed by atoms with Crippen molar-refractivity contribution in [2.45, 2.75) is 38.6 Å². The topological polar surface area (TPSA) is 95.9 Å². The predicted octanol–water partition coefficient (Wildman–Crippen LogP) is 3.63. The lowest BCUT2D eigenvalue weighted by Crippen LogP contribution is -2.48. The summed E-state index contributed by atoms with van der Waals surface area (Å²) in [6, 6.07) is 15.4. The number of hydrogen-bond donors (Lipinski definition) is 2. The number of carboxylic acid groups (broad SMARTS) is 1. The van der Waals surface area contributed by atoms with Crippen LogP contribution in [0.15, 0.2) is 48.5 Å². The standard InChI is InChI=1S/C25H28N2O5/c1-3-21(22(28)27-13-12-25(2,15-27)23(29)30)26-24(31)32-14-20-18-10-6-4-8-16(18)17-9-5-7-11-19(17)20/h4-11,20-21H,3,12-15H2,1-2H3,(H,26,31)(H,29,30)/t21-,25?/m0/s1. The second-order valence-electron chi connectivity index (χ2n) is 8.81. The minimum absolute atomic E-state index is 0.0567. The van der Waals surface area contributed by atoms with E-state index < -0.39 is 23.5 Å². The van der Waals surface area contributed by atoms with Crippen LogP contribution in [0.4, 0.5) is 4.79 Å². The largest absolute Gasteiger partial charge is 0.481 e. The van der Waals surface area contributed by atoms with E-state index in [1.807, 2.05) is 36.4 Å². The van der Waals surface area contributed by atoms with Crippen molar-refractivity contribution < 1.29 is 24.2 Å². The van der Waals surface area contributed by atoms with Gasteiger partial charge in [0.15, 0.2) is 0 Å². The van der Waals surface area contributed by atoms with Crippen LogP contribution in [0.25, 0.3) is 11.1 Å². The van der Waals surface area contributed by atoms with E-state index in [0.29, 0.717) is 19.4 Å². The van der Waals surface area contributed by atoms with E-state index in [-0.39, 0.29) is 25.0 Å². The second kappa shape index (κ2) is 8.65. The molecule has 2 aromatic carbocycles. The van der Waals surface area contributed by atoms with Gasteiger partial charge < -0.3 is 20.1 Å². The van der Waals surface area contributed by atoms with E-state index in [9.17, 15) is 19.5 Å². The molecule has 2 aliphatic rings. The van der Waals surface area contributed by atoms with E-state index in [2.05, 4.69) is 17.4 Å². The highest BCUT2D eigenvalue weighted by molar-refractivity contribution is 5.87. The monoisotopic (exact) mass is 436 g/mol. The SMILES string of the molecule is CC[C@H](NC(=O)OCC1c2ccccc2-c2ccccc21)C(=O)N1CCC(C)(C(=O)O)C1. The lowest BCUT2D eigenvalue weighted by Gasteiger charge is -2.25. The molecule has 1 fully saturated rings. The van der Waals surface area contributed by atoms with Gasteiger partial charge in [-0.2, -0.15) is 0 Å². The summed E-state index contributed by atoms with van der Waals surface area (Å²) in [5.74, 6) is -1.24. The highest BCUT2D eigenvalue weighted by Gasteiger charge is 2.43. The fraction of sp³-hybridized carbons (Fsp3) is 0.400. The summed E-state index contributed by atoms with van der Waals surface area (Å²) in [5, 5.41) is 12.1. The Morgan fingerprint density at radius 2 is 1.72 bits per heavy atom. The van der Waals surface area contributed by atoms with Crippen molar-refractivity contribution in [2.75, 3.05) is 19.7 Å². The van der Waals surface area contributed by atoms with Crippen molar-refractivity contribution in [3.8, 4) is 11.1 Å². The number of carbonyl (C=O) groups is 3. The van der Waals surface area contributed by atoms with Gasteiger partial charge in [-0.1, -0.05) is 55.5 Å². The third kappa shape index (κ3) is 3.95. The van der Waals surface area contributed by atoms with Gasteiger partial charge in [-0.25, -0.2) is 4.79 Å². The number of alkyl carbamates (subject to hydrolysis) is 1.